The largest absolute Gasteiger partial charge is 0.508 e. The zero-order valence-electron chi connectivity index (χ0n) is 8.48. The van der Waals surface area contributed by atoms with Crippen LogP contribution in [0, 0.1) is 0 Å². The molecule has 1 aromatic rings. The maximum absolute atomic E-state index is 11.4. The minimum atomic E-state index is -0.873. The first-order valence-corrected chi connectivity index (χ1v) is 4.60. The molecule has 1 aliphatic heterocycles. The van der Waals surface area contributed by atoms with E-state index in [9.17, 15) is 14.7 Å². The van der Waals surface area contributed by atoms with E-state index in [1.165, 1.54) is 19.2 Å². The van der Waals surface area contributed by atoms with E-state index in [0.717, 1.165) is 0 Å². The van der Waals surface area contributed by atoms with E-state index in [4.69, 9.17) is 4.74 Å². The molecule has 6 heteroatoms. The third kappa shape index (κ3) is 1.65. The van der Waals surface area contributed by atoms with Crippen molar-refractivity contribution < 1.29 is 19.4 Å². The molecule has 1 saturated heterocycles. The number of ether oxygens (including phenoxy) is 1. The topological polar surface area (TPSA) is 87.7 Å². The van der Waals surface area contributed by atoms with Crippen LogP contribution in [0.1, 0.15) is 11.6 Å². The number of methoxy groups -OCH3 is 1. The van der Waals surface area contributed by atoms with E-state index >= 15 is 0 Å². The van der Waals surface area contributed by atoms with Gasteiger partial charge < -0.3 is 15.2 Å². The van der Waals surface area contributed by atoms with Crippen LogP contribution in [-0.2, 0) is 4.79 Å². The third-order valence-electron chi connectivity index (χ3n) is 2.32. The van der Waals surface area contributed by atoms with Crippen molar-refractivity contribution in [2.75, 3.05) is 7.11 Å². The van der Waals surface area contributed by atoms with Gasteiger partial charge in [-0.3, -0.25) is 10.1 Å². The van der Waals surface area contributed by atoms with Crippen LogP contribution >= 0.6 is 0 Å². The molecule has 3 amide bonds. The number of benzene rings is 1. The predicted octanol–water partition coefficient (Wildman–Crippen LogP) is 0.281. The van der Waals surface area contributed by atoms with Crippen molar-refractivity contribution in [1.29, 1.82) is 0 Å². The summed E-state index contributed by atoms with van der Waals surface area (Å²) in [5, 5.41) is 14.1. The van der Waals surface area contributed by atoms with Crippen LogP contribution in [0.15, 0.2) is 18.2 Å². The highest BCUT2D eigenvalue weighted by molar-refractivity contribution is 6.04. The summed E-state index contributed by atoms with van der Waals surface area (Å²) in [6.07, 6.45) is 0. The van der Waals surface area contributed by atoms with E-state index in [2.05, 4.69) is 10.6 Å². The molecule has 84 valence electrons. The fraction of sp³-hybridized carbons (Fsp3) is 0.200. The molecule has 1 heterocycles. The van der Waals surface area contributed by atoms with Crippen molar-refractivity contribution in [2.45, 2.75) is 6.04 Å². The highest BCUT2D eigenvalue weighted by Crippen LogP contribution is 2.29. The van der Waals surface area contributed by atoms with Crippen molar-refractivity contribution in [3.63, 3.8) is 0 Å². The second-order valence-corrected chi connectivity index (χ2v) is 3.32. The zero-order chi connectivity index (χ0) is 11.7. The summed E-state index contributed by atoms with van der Waals surface area (Å²) in [5.74, 6) is -0.0570. The number of phenols is 1. The summed E-state index contributed by atoms with van der Waals surface area (Å²) >= 11 is 0. The van der Waals surface area contributed by atoms with Crippen LogP contribution in [0.25, 0.3) is 0 Å². The Bertz CT molecular complexity index is 458. The summed E-state index contributed by atoms with van der Waals surface area (Å²) in [5.41, 5.74) is 0.308. The molecule has 0 radical (unpaired) electrons. The van der Waals surface area contributed by atoms with Crippen molar-refractivity contribution in [3.8, 4) is 11.5 Å². The van der Waals surface area contributed by atoms with E-state index in [1.807, 2.05) is 0 Å². The van der Waals surface area contributed by atoms with Crippen LogP contribution in [0.3, 0.4) is 0 Å². The summed E-state index contributed by atoms with van der Waals surface area (Å²) in [6, 6.07) is 3.03. The number of amides is 3. The standard InChI is InChI=1S/C10H10N2O4/c1-16-5-2-3-7(13)6(4-5)8-9(14)12-10(15)11-8/h2-4,8,13H,1H3,(H2,11,12,14,15). The molecule has 3 N–H and O–H groups in total. The number of rotatable bonds is 2. The maximum atomic E-state index is 11.4. The predicted molar refractivity (Wildman–Crippen MR) is 54.1 cm³/mol. The van der Waals surface area contributed by atoms with Crippen molar-refractivity contribution in [2.24, 2.45) is 0 Å². The van der Waals surface area contributed by atoms with Gasteiger partial charge in [0.15, 0.2) is 0 Å². The van der Waals surface area contributed by atoms with Gasteiger partial charge in [0.2, 0.25) is 0 Å². The van der Waals surface area contributed by atoms with Gasteiger partial charge in [-0.25, -0.2) is 4.79 Å². The summed E-state index contributed by atoms with van der Waals surface area (Å²) in [4.78, 5) is 22.3. The minimum Gasteiger partial charge on any atom is -0.508 e. The quantitative estimate of drug-likeness (QED) is 0.627. The number of nitrogens with one attached hydrogen (secondary N) is 2. The minimum absolute atomic E-state index is 0.0665. The third-order valence-corrected chi connectivity index (χ3v) is 2.32. The lowest BCUT2D eigenvalue weighted by Gasteiger charge is -2.11. The Labute approximate surface area is 91.2 Å². The normalized spacial score (nSPS) is 19.2. The molecule has 0 bridgehead atoms. The van der Waals surface area contributed by atoms with Crippen LogP contribution in [0.5, 0.6) is 11.5 Å². The number of hydrogen-bond donors (Lipinski definition) is 3. The fourth-order valence-electron chi connectivity index (χ4n) is 1.53. The lowest BCUT2D eigenvalue weighted by atomic mass is 10.1. The van der Waals surface area contributed by atoms with Gasteiger partial charge in [-0.05, 0) is 18.2 Å². The van der Waals surface area contributed by atoms with Gasteiger partial charge >= 0.3 is 6.03 Å². The van der Waals surface area contributed by atoms with Gasteiger partial charge in [-0.15, -0.1) is 0 Å². The molecule has 1 unspecified atom stereocenters. The van der Waals surface area contributed by atoms with Crippen molar-refractivity contribution in [3.05, 3.63) is 23.8 Å². The summed E-state index contributed by atoms with van der Waals surface area (Å²) in [6.45, 7) is 0. The number of imide groups is 1. The Morgan fingerprint density at radius 1 is 1.38 bits per heavy atom. The molecule has 1 aromatic carbocycles. The Kier molecular flexibility index (Phi) is 2.40. The van der Waals surface area contributed by atoms with Gasteiger partial charge in [-0.2, -0.15) is 0 Å². The molecule has 0 saturated carbocycles. The second kappa shape index (κ2) is 3.73. The lowest BCUT2D eigenvalue weighted by Crippen LogP contribution is -2.22. The van der Waals surface area contributed by atoms with Crippen LogP contribution in [-0.4, -0.2) is 24.2 Å². The number of carbonyl (C=O) groups excluding carboxylic acids is 2. The molecule has 16 heavy (non-hydrogen) atoms. The first-order valence-electron chi connectivity index (χ1n) is 4.60. The first kappa shape index (κ1) is 10.3. The van der Waals surface area contributed by atoms with E-state index in [-0.39, 0.29) is 5.75 Å². The van der Waals surface area contributed by atoms with Crippen LogP contribution in [0.4, 0.5) is 4.79 Å². The average molecular weight is 222 g/mol. The molecule has 1 atom stereocenters. The van der Waals surface area contributed by atoms with Gasteiger partial charge in [0.25, 0.3) is 5.91 Å². The monoisotopic (exact) mass is 222 g/mol. The average Bonchev–Trinajstić information content (AvgIpc) is 2.58. The number of phenolic OH excluding ortho intramolecular Hbond substituents is 1. The maximum Gasteiger partial charge on any atom is 0.322 e. The second-order valence-electron chi connectivity index (χ2n) is 3.32. The molecule has 1 fully saturated rings. The lowest BCUT2D eigenvalue weighted by molar-refractivity contribution is -0.120. The molecule has 0 aromatic heterocycles. The SMILES string of the molecule is COc1ccc(O)c(C2NC(=O)NC2=O)c1. The first-order chi connectivity index (χ1) is 7.61. The molecular weight excluding hydrogens is 212 g/mol. The molecule has 0 aliphatic carbocycles. The highest BCUT2D eigenvalue weighted by atomic mass is 16.5. The Morgan fingerprint density at radius 2 is 2.12 bits per heavy atom. The molecular formula is C10H10N2O4. The summed E-state index contributed by atoms with van der Waals surface area (Å²) in [7, 11) is 1.48. The van der Waals surface area contributed by atoms with Crippen molar-refractivity contribution >= 4 is 11.9 Å². The van der Waals surface area contributed by atoms with Gasteiger partial charge in [0, 0.05) is 5.56 Å². The van der Waals surface area contributed by atoms with Gasteiger partial charge in [0.05, 0.1) is 7.11 Å². The molecule has 6 nitrogen and oxygen atoms in total. The Balaban J connectivity index is 2.39. The number of carbonyl (C=O) groups is 2. The van der Waals surface area contributed by atoms with E-state index < -0.39 is 18.0 Å². The Morgan fingerprint density at radius 3 is 2.69 bits per heavy atom. The van der Waals surface area contributed by atoms with E-state index in [0.29, 0.717) is 11.3 Å². The number of aromatic hydroxyl groups is 1. The van der Waals surface area contributed by atoms with E-state index in [1.54, 1.807) is 6.07 Å². The highest BCUT2D eigenvalue weighted by Gasteiger charge is 2.32. The number of hydrogen-bond acceptors (Lipinski definition) is 4. The molecule has 1 aliphatic rings. The zero-order valence-corrected chi connectivity index (χ0v) is 8.48. The van der Waals surface area contributed by atoms with Crippen LogP contribution < -0.4 is 15.4 Å². The Hall–Kier alpha value is -2.24. The van der Waals surface area contributed by atoms with Gasteiger partial charge in [0.1, 0.15) is 17.5 Å². The van der Waals surface area contributed by atoms with Crippen LogP contribution in [0.2, 0.25) is 0 Å². The smallest absolute Gasteiger partial charge is 0.322 e. The molecule has 2 rings (SSSR count). The van der Waals surface area contributed by atoms with Gasteiger partial charge in [-0.1, -0.05) is 0 Å². The fourth-order valence-corrected chi connectivity index (χ4v) is 1.53. The molecule has 0 spiro atoms. The number of urea groups is 1. The van der Waals surface area contributed by atoms with Crippen molar-refractivity contribution in [1.82, 2.24) is 10.6 Å². The summed E-state index contributed by atoms with van der Waals surface area (Å²) < 4.78 is 4.98.